The zero-order valence-corrected chi connectivity index (χ0v) is 12.2. The number of aryl methyl sites for hydroxylation is 1. The van der Waals surface area contributed by atoms with Gasteiger partial charge in [-0.05, 0) is 60.6 Å². The second kappa shape index (κ2) is 5.19. The summed E-state index contributed by atoms with van der Waals surface area (Å²) in [6.07, 6.45) is 1.09. The third-order valence-corrected chi connectivity index (χ3v) is 3.48. The second-order valence-electron chi connectivity index (χ2n) is 4.70. The number of halogens is 1. The first-order chi connectivity index (χ1) is 8.10. The molecule has 0 unspecified atom stereocenters. The lowest BCUT2D eigenvalue weighted by molar-refractivity contribution is 0.401. The predicted octanol–water partition coefficient (Wildman–Crippen LogP) is 4.23. The van der Waals surface area contributed by atoms with Crippen molar-refractivity contribution in [2.45, 2.75) is 19.9 Å². The van der Waals surface area contributed by atoms with E-state index in [4.69, 9.17) is 0 Å². The Labute approximate surface area is 112 Å². The van der Waals surface area contributed by atoms with Crippen LogP contribution in [-0.4, -0.2) is 19.0 Å². The van der Waals surface area contributed by atoms with Crippen molar-refractivity contribution in [3.8, 4) is 0 Å². The standard InChI is InChI=1S/C15H18BrN/c1-4-11-7-13-9-15(16)6-5-12(13)8-14(11)10-17(2)3/h5-9H,4,10H2,1-3H3. The molecule has 0 saturated carbocycles. The summed E-state index contributed by atoms with van der Waals surface area (Å²) < 4.78 is 1.15. The molecule has 2 rings (SSSR count). The lowest BCUT2D eigenvalue weighted by Crippen LogP contribution is -2.12. The van der Waals surface area contributed by atoms with Gasteiger partial charge in [-0.15, -0.1) is 0 Å². The highest BCUT2D eigenvalue weighted by Crippen LogP contribution is 2.24. The maximum Gasteiger partial charge on any atom is 0.0230 e. The first-order valence-corrected chi connectivity index (χ1v) is 6.75. The van der Waals surface area contributed by atoms with E-state index >= 15 is 0 Å². The van der Waals surface area contributed by atoms with Crippen LogP contribution in [-0.2, 0) is 13.0 Å². The minimum Gasteiger partial charge on any atom is -0.305 e. The van der Waals surface area contributed by atoms with Gasteiger partial charge in [0.1, 0.15) is 0 Å². The van der Waals surface area contributed by atoms with Gasteiger partial charge < -0.3 is 4.90 Å². The molecule has 0 aliphatic rings. The number of rotatable bonds is 3. The van der Waals surface area contributed by atoms with Gasteiger partial charge in [-0.25, -0.2) is 0 Å². The van der Waals surface area contributed by atoms with Crippen LogP contribution in [0.1, 0.15) is 18.1 Å². The molecule has 0 atom stereocenters. The van der Waals surface area contributed by atoms with Crippen molar-refractivity contribution < 1.29 is 0 Å². The normalized spacial score (nSPS) is 11.4. The zero-order valence-electron chi connectivity index (χ0n) is 10.6. The van der Waals surface area contributed by atoms with E-state index in [-0.39, 0.29) is 0 Å². The molecule has 0 saturated heterocycles. The quantitative estimate of drug-likeness (QED) is 0.818. The van der Waals surface area contributed by atoms with Crippen molar-refractivity contribution in [2.24, 2.45) is 0 Å². The summed E-state index contributed by atoms with van der Waals surface area (Å²) in [4.78, 5) is 2.22. The molecule has 0 bridgehead atoms. The highest BCUT2D eigenvalue weighted by atomic mass is 79.9. The first kappa shape index (κ1) is 12.6. The average Bonchev–Trinajstić information content (AvgIpc) is 2.28. The smallest absolute Gasteiger partial charge is 0.0230 e. The van der Waals surface area contributed by atoms with Gasteiger partial charge in [0.25, 0.3) is 0 Å². The Bertz CT molecular complexity index is 532. The van der Waals surface area contributed by atoms with Gasteiger partial charge in [-0.1, -0.05) is 35.0 Å². The molecule has 0 radical (unpaired) electrons. The fourth-order valence-electron chi connectivity index (χ4n) is 2.18. The van der Waals surface area contributed by atoms with Gasteiger partial charge in [0.15, 0.2) is 0 Å². The third kappa shape index (κ3) is 2.88. The van der Waals surface area contributed by atoms with Crippen LogP contribution in [0.5, 0.6) is 0 Å². The monoisotopic (exact) mass is 291 g/mol. The molecule has 0 aromatic heterocycles. The lowest BCUT2D eigenvalue weighted by atomic mass is 9.99. The Balaban J connectivity index is 2.56. The summed E-state index contributed by atoms with van der Waals surface area (Å²) in [5.74, 6) is 0. The Morgan fingerprint density at radius 1 is 1.00 bits per heavy atom. The summed E-state index contributed by atoms with van der Waals surface area (Å²) in [5, 5.41) is 2.64. The predicted molar refractivity (Wildman–Crippen MR) is 78.4 cm³/mol. The molecule has 2 aromatic carbocycles. The van der Waals surface area contributed by atoms with E-state index in [1.807, 2.05) is 0 Å². The Kier molecular flexibility index (Phi) is 3.85. The Hall–Kier alpha value is -0.860. The first-order valence-electron chi connectivity index (χ1n) is 5.96. The summed E-state index contributed by atoms with van der Waals surface area (Å²) in [7, 11) is 4.23. The van der Waals surface area contributed by atoms with E-state index in [0.29, 0.717) is 0 Å². The van der Waals surface area contributed by atoms with Crippen LogP contribution in [0.15, 0.2) is 34.8 Å². The Morgan fingerprint density at radius 2 is 1.71 bits per heavy atom. The molecule has 1 nitrogen and oxygen atoms in total. The van der Waals surface area contributed by atoms with Crippen molar-refractivity contribution in [1.82, 2.24) is 4.90 Å². The summed E-state index contributed by atoms with van der Waals surface area (Å²) in [5.41, 5.74) is 2.89. The number of hydrogen-bond acceptors (Lipinski definition) is 1. The van der Waals surface area contributed by atoms with E-state index in [1.165, 1.54) is 21.9 Å². The van der Waals surface area contributed by atoms with Gasteiger partial charge in [-0.2, -0.15) is 0 Å². The van der Waals surface area contributed by atoms with Crippen molar-refractivity contribution in [3.05, 3.63) is 45.9 Å². The van der Waals surface area contributed by atoms with Crippen LogP contribution >= 0.6 is 15.9 Å². The van der Waals surface area contributed by atoms with Crippen molar-refractivity contribution in [2.75, 3.05) is 14.1 Å². The SMILES string of the molecule is CCc1cc2cc(Br)ccc2cc1CN(C)C. The molecule has 0 heterocycles. The molecule has 0 aliphatic carbocycles. The van der Waals surface area contributed by atoms with E-state index in [9.17, 15) is 0 Å². The highest BCUT2D eigenvalue weighted by Gasteiger charge is 2.05. The number of hydrogen-bond donors (Lipinski definition) is 0. The van der Waals surface area contributed by atoms with Crippen LogP contribution < -0.4 is 0 Å². The fraction of sp³-hybridized carbons (Fsp3) is 0.333. The van der Waals surface area contributed by atoms with Crippen molar-refractivity contribution >= 4 is 26.7 Å². The molecule has 90 valence electrons. The van der Waals surface area contributed by atoms with Crippen LogP contribution in [0.4, 0.5) is 0 Å². The van der Waals surface area contributed by atoms with Gasteiger partial charge in [0.05, 0.1) is 0 Å². The van der Waals surface area contributed by atoms with Gasteiger partial charge in [0, 0.05) is 11.0 Å². The highest BCUT2D eigenvalue weighted by molar-refractivity contribution is 9.10. The van der Waals surface area contributed by atoms with Crippen LogP contribution in [0.2, 0.25) is 0 Å². The summed E-state index contributed by atoms with van der Waals surface area (Å²) >= 11 is 3.53. The van der Waals surface area contributed by atoms with E-state index in [0.717, 1.165) is 17.4 Å². The minimum atomic E-state index is 1.01. The molecule has 0 spiro atoms. The van der Waals surface area contributed by atoms with Crippen LogP contribution in [0, 0.1) is 0 Å². The maximum absolute atomic E-state index is 3.53. The number of benzene rings is 2. The third-order valence-electron chi connectivity index (χ3n) is 2.99. The molecule has 0 fully saturated rings. The van der Waals surface area contributed by atoms with Crippen molar-refractivity contribution in [3.63, 3.8) is 0 Å². The van der Waals surface area contributed by atoms with Gasteiger partial charge in [-0.3, -0.25) is 0 Å². The topological polar surface area (TPSA) is 3.24 Å². The molecular formula is C15H18BrN. The zero-order chi connectivity index (χ0) is 12.4. The molecule has 17 heavy (non-hydrogen) atoms. The number of nitrogens with zero attached hydrogens (tertiary/aromatic N) is 1. The molecule has 0 N–H and O–H groups in total. The van der Waals surface area contributed by atoms with Crippen molar-refractivity contribution in [1.29, 1.82) is 0 Å². The molecule has 2 heteroatoms. The maximum atomic E-state index is 3.53. The van der Waals surface area contributed by atoms with Crippen LogP contribution in [0.3, 0.4) is 0 Å². The lowest BCUT2D eigenvalue weighted by Gasteiger charge is -2.15. The fourth-order valence-corrected chi connectivity index (χ4v) is 2.56. The molecule has 2 aromatic rings. The second-order valence-corrected chi connectivity index (χ2v) is 5.62. The molecule has 0 aliphatic heterocycles. The summed E-state index contributed by atoms with van der Waals surface area (Å²) in [6, 6.07) is 11.1. The molecule has 0 amide bonds. The van der Waals surface area contributed by atoms with E-state index < -0.39 is 0 Å². The summed E-state index contributed by atoms with van der Waals surface area (Å²) in [6.45, 7) is 3.23. The van der Waals surface area contributed by atoms with E-state index in [1.54, 1.807) is 0 Å². The number of fused-ring (bicyclic) bond motifs is 1. The van der Waals surface area contributed by atoms with Gasteiger partial charge >= 0.3 is 0 Å². The van der Waals surface area contributed by atoms with E-state index in [2.05, 4.69) is 72.2 Å². The minimum absolute atomic E-state index is 1.01. The van der Waals surface area contributed by atoms with Crippen LogP contribution in [0.25, 0.3) is 10.8 Å². The van der Waals surface area contributed by atoms with Gasteiger partial charge in [0.2, 0.25) is 0 Å². The largest absolute Gasteiger partial charge is 0.305 e. The Morgan fingerprint density at radius 3 is 2.35 bits per heavy atom. The molecular weight excluding hydrogens is 274 g/mol. The average molecular weight is 292 g/mol.